The first-order valence-corrected chi connectivity index (χ1v) is 4.22. The Kier molecular flexibility index (Phi) is 3.38. The molecule has 0 atom stereocenters. The number of carbonyl (C=O) groups excluding carboxylic acids is 1. The zero-order chi connectivity index (χ0) is 11.4. The summed E-state index contributed by atoms with van der Waals surface area (Å²) in [4.78, 5) is 10.8. The van der Waals surface area contributed by atoms with Gasteiger partial charge in [-0.2, -0.15) is 0 Å². The zero-order valence-corrected chi connectivity index (χ0v) is 8.73. The Morgan fingerprint density at radius 1 is 1.13 bits per heavy atom. The number of ether oxygens (including phenoxy) is 3. The fourth-order valence-electron chi connectivity index (χ4n) is 1.09. The molecule has 5 nitrogen and oxygen atoms in total. The molecule has 0 amide bonds. The zero-order valence-electron chi connectivity index (χ0n) is 8.73. The van der Waals surface area contributed by atoms with Crippen LogP contribution in [0.5, 0.6) is 23.0 Å². The highest BCUT2D eigenvalue weighted by Crippen LogP contribution is 2.38. The standard InChI is InChI=1S/C10H12O5/c1-6(11)15-10-4-7(12)8(13-2)5-9(10)14-3/h4-5,12H,1-3H3. The van der Waals surface area contributed by atoms with Crippen LogP contribution in [0.15, 0.2) is 12.1 Å². The summed E-state index contributed by atoms with van der Waals surface area (Å²) in [6.45, 7) is 1.26. The van der Waals surface area contributed by atoms with Crippen LogP contribution in [0.4, 0.5) is 0 Å². The monoisotopic (exact) mass is 212 g/mol. The van der Waals surface area contributed by atoms with Crippen LogP contribution < -0.4 is 14.2 Å². The Morgan fingerprint density at radius 3 is 2.20 bits per heavy atom. The number of esters is 1. The summed E-state index contributed by atoms with van der Waals surface area (Å²) in [6.07, 6.45) is 0. The number of phenols is 1. The minimum Gasteiger partial charge on any atom is -0.504 e. The van der Waals surface area contributed by atoms with Crippen molar-refractivity contribution in [3.05, 3.63) is 12.1 Å². The van der Waals surface area contributed by atoms with Gasteiger partial charge in [-0.25, -0.2) is 0 Å². The average molecular weight is 212 g/mol. The lowest BCUT2D eigenvalue weighted by Crippen LogP contribution is -2.03. The second-order valence-corrected chi connectivity index (χ2v) is 2.77. The highest BCUT2D eigenvalue weighted by Gasteiger charge is 2.12. The molecule has 0 spiro atoms. The molecule has 1 aromatic carbocycles. The predicted molar refractivity (Wildman–Crippen MR) is 52.5 cm³/mol. The van der Waals surface area contributed by atoms with E-state index in [9.17, 15) is 9.90 Å². The molecule has 0 aliphatic heterocycles. The molecule has 1 N–H and O–H groups in total. The molecule has 15 heavy (non-hydrogen) atoms. The predicted octanol–water partition coefficient (Wildman–Crippen LogP) is 1.33. The maximum absolute atomic E-state index is 10.8. The minimum atomic E-state index is -0.488. The van der Waals surface area contributed by atoms with Crippen LogP contribution in [0, 0.1) is 0 Å². The molecule has 0 radical (unpaired) electrons. The third kappa shape index (κ3) is 2.52. The summed E-state index contributed by atoms with van der Waals surface area (Å²) in [5.74, 6) is 0.123. The van der Waals surface area contributed by atoms with Gasteiger partial charge in [0.1, 0.15) is 0 Å². The molecular formula is C10H12O5. The van der Waals surface area contributed by atoms with E-state index in [1.54, 1.807) is 0 Å². The second kappa shape index (κ2) is 4.54. The first-order valence-electron chi connectivity index (χ1n) is 4.22. The SMILES string of the molecule is COc1cc(OC)c(OC(C)=O)cc1O. The largest absolute Gasteiger partial charge is 0.504 e. The van der Waals surface area contributed by atoms with Gasteiger partial charge in [0.25, 0.3) is 0 Å². The lowest BCUT2D eigenvalue weighted by molar-refractivity contribution is -0.132. The van der Waals surface area contributed by atoms with Gasteiger partial charge in [0.05, 0.1) is 14.2 Å². The van der Waals surface area contributed by atoms with Crippen molar-refractivity contribution in [1.29, 1.82) is 0 Å². The van der Waals surface area contributed by atoms with E-state index in [2.05, 4.69) is 0 Å². The molecule has 0 saturated carbocycles. The van der Waals surface area contributed by atoms with Crippen molar-refractivity contribution < 1.29 is 24.1 Å². The molecule has 82 valence electrons. The van der Waals surface area contributed by atoms with Gasteiger partial charge in [-0.1, -0.05) is 0 Å². The smallest absolute Gasteiger partial charge is 0.308 e. The first-order chi connectivity index (χ1) is 7.08. The van der Waals surface area contributed by atoms with Crippen molar-refractivity contribution in [3.8, 4) is 23.0 Å². The third-order valence-corrected chi connectivity index (χ3v) is 1.72. The van der Waals surface area contributed by atoms with Crippen LogP contribution in [0.2, 0.25) is 0 Å². The summed E-state index contributed by atoms with van der Waals surface area (Å²) in [7, 11) is 2.85. The molecule has 0 aliphatic carbocycles. The van der Waals surface area contributed by atoms with Gasteiger partial charge < -0.3 is 19.3 Å². The Balaban J connectivity index is 3.15. The molecule has 0 aliphatic rings. The number of methoxy groups -OCH3 is 2. The number of hydrogen-bond donors (Lipinski definition) is 1. The number of phenolic OH excluding ortho intramolecular Hbond substituents is 1. The molecular weight excluding hydrogens is 200 g/mol. The van der Waals surface area contributed by atoms with Crippen molar-refractivity contribution in [1.82, 2.24) is 0 Å². The number of hydrogen-bond acceptors (Lipinski definition) is 5. The quantitative estimate of drug-likeness (QED) is 0.605. The van der Waals surface area contributed by atoms with Crippen molar-refractivity contribution in [2.45, 2.75) is 6.92 Å². The highest BCUT2D eigenvalue weighted by atomic mass is 16.6. The first kappa shape index (κ1) is 11.2. The molecule has 0 saturated heterocycles. The van der Waals surface area contributed by atoms with E-state index in [-0.39, 0.29) is 17.2 Å². The maximum atomic E-state index is 10.8. The number of benzene rings is 1. The van der Waals surface area contributed by atoms with Gasteiger partial charge in [-0.15, -0.1) is 0 Å². The van der Waals surface area contributed by atoms with Crippen LogP contribution in [0.1, 0.15) is 6.92 Å². The van der Waals surface area contributed by atoms with E-state index in [1.165, 1.54) is 33.3 Å². The Bertz CT molecular complexity index is 372. The van der Waals surface area contributed by atoms with E-state index in [0.29, 0.717) is 5.75 Å². The molecule has 1 rings (SSSR count). The Labute approximate surface area is 87.2 Å². The topological polar surface area (TPSA) is 65.0 Å². The number of carbonyl (C=O) groups is 1. The van der Waals surface area contributed by atoms with Gasteiger partial charge in [0.2, 0.25) is 0 Å². The lowest BCUT2D eigenvalue weighted by Gasteiger charge is -2.10. The lowest BCUT2D eigenvalue weighted by atomic mass is 10.2. The summed E-state index contributed by atoms with van der Waals surface area (Å²) in [5.41, 5.74) is 0. The number of rotatable bonds is 3. The van der Waals surface area contributed by atoms with Gasteiger partial charge in [0.15, 0.2) is 23.0 Å². The molecule has 1 aromatic rings. The van der Waals surface area contributed by atoms with Crippen molar-refractivity contribution in [3.63, 3.8) is 0 Å². The van der Waals surface area contributed by atoms with Gasteiger partial charge in [-0.3, -0.25) is 4.79 Å². The Morgan fingerprint density at radius 2 is 1.73 bits per heavy atom. The average Bonchev–Trinajstić information content (AvgIpc) is 2.17. The highest BCUT2D eigenvalue weighted by molar-refractivity contribution is 5.71. The molecule has 0 heterocycles. The summed E-state index contributed by atoms with van der Waals surface area (Å²) in [5, 5.41) is 9.45. The van der Waals surface area contributed by atoms with Crippen LogP contribution in [-0.4, -0.2) is 25.3 Å². The fraction of sp³-hybridized carbons (Fsp3) is 0.300. The molecule has 0 fully saturated rings. The van der Waals surface area contributed by atoms with E-state index in [4.69, 9.17) is 14.2 Å². The second-order valence-electron chi connectivity index (χ2n) is 2.77. The van der Waals surface area contributed by atoms with Crippen molar-refractivity contribution in [2.75, 3.05) is 14.2 Å². The van der Waals surface area contributed by atoms with Crippen molar-refractivity contribution in [2.24, 2.45) is 0 Å². The molecule has 0 unspecified atom stereocenters. The van der Waals surface area contributed by atoms with E-state index in [0.717, 1.165) is 0 Å². The van der Waals surface area contributed by atoms with Crippen LogP contribution in [-0.2, 0) is 4.79 Å². The van der Waals surface area contributed by atoms with E-state index in [1.807, 2.05) is 0 Å². The summed E-state index contributed by atoms with van der Waals surface area (Å²) < 4.78 is 14.7. The summed E-state index contributed by atoms with van der Waals surface area (Å²) in [6, 6.07) is 2.70. The maximum Gasteiger partial charge on any atom is 0.308 e. The fourth-order valence-corrected chi connectivity index (χ4v) is 1.09. The molecule has 5 heteroatoms. The van der Waals surface area contributed by atoms with E-state index < -0.39 is 5.97 Å². The summed E-state index contributed by atoms with van der Waals surface area (Å²) >= 11 is 0. The van der Waals surface area contributed by atoms with Crippen LogP contribution >= 0.6 is 0 Å². The Hall–Kier alpha value is -1.91. The molecule has 0 bridgehead atoms. The molecule has 0 aromatic heterocycles. The van der Waals surface area contributed by atoms with Gasteiger partial charge >= 0.3 is 5.97 Å². The van der Waals surface area contributed by atoms with Crippen LogP contribution in [0.3, 0.4) is 0 Å². The van der Waals surface area contributed by atoms with Gasteiger partial charge in [-0.05, 0) is 0 Å². The third-order valence-electron chi connectivity index (χ3n) is 1.72. The normalized spacial score (nSPS) is 9.53. The van der Waals surface area contributed by atoms with E-state index >= 15 is 0 Å². The van der Waals surface area contributed by atoms with Crippen LogP contribution in [0.25, 0.3) is 0 Å². The minimum absolute atomic E-state index is 0.116. The van der Waals surface area contributed by atoms with Crippen molar-refractivity contribution >= 4 is 5.97 Å². The van der Waals surface area contributed by atoms with Gasteiger partial charge in [0, 0.05) is 19.1 Å². The number of aromatic hydroxyl groups is 1.